The van der Waals surface area contributed by atoms with Gasteiger partial charge in [0.05, 0.1) is 5.69 Å². The lowest BCUT2D eigenvalue weighted by Gasteiger charge is -2.20. The van der Waals surface area contributed by atoms with Crippen molar-refractivity contribution >= 4 is 23.3 Å². The summed E-state index contributed by atoms with van der Waals surface area (Å²) in [7, 11) is 1.67. The number of oxime groups is 1. The third kappa shape index (κ3) is 3.88. The van der Waals surface area contributed by atoms with Crippen molar-refractivity contribution in [1.29, 1.82) is 0 Å². The molecule has 0 aliphatic rings. The molecule has 0 saturated heterocycles. The van der Waals surface area contributed by atoms with Crippen molar-refractivity contribution in [1.82, 2.24) is 14.5 Å². The number of amides is 1. The van der Waals surface area contributed by atoms with Gasteiger partial charge in [-0.3, -0.25) is 4.79 Å². The Hall–Kier alpha value is -1.70. The van der Waals surface area contributed by atoms with Crippen LogP contribution in [0.1, 0.15) is 42.6 Å². The van der Waals surface area contributed by atoms with Gasteiger partial charge in [0.2, 0.25) is 0 Å². The van der Waals surface area contributed by atoms with E-state index in [1.165, 1.54) is 4.90 Å². The van der Waals surface area contributed by atoms with E-state index in [9.17, 15) is 4.79 Å². The van der Waals surface area contributed by atoms with Gasteiger partial charge in [0, 0.05) is 25.4 Å². The molecule has 0 aliphatic heterocycles. The number of hydrogen-bond acceptors (Lipinski definition) is 6. The monoisotopic (exact) mass is 285 g/mol. The molecule has 0 atom stereocenters. The molecule has 0 aromatic carbocycles. The SMILES string of the molecule is CN(CCC(N)=NO)C(=O)c1snnc1C(C)(C)C. The van der Waals surface area contributed by atoms with Crippen LogP contribution in [0.15, 0.2) is 5.16 Å². The van der Waals surface area contributed by atoms with Crippen molar-refractivity contribution in [3.63, 3.8) is 0 Å². The molecule has 7 nitrogen and oxygen atoms in total. The topological polar surface area (TPSA) is 105 Å². The average Bonchev–Trinajstić information content (AvgIpc) is 2.83. The Kier molecular flexibility index (Phi) is 4.82. The van der Waals surface area contributed by atoms with Crippen LogP contribution in [-0.2, 0) is 5.41 Å². The number of nitrogens with two attached hydrogens (primary N) is 1. The number of hydrogen-bond donors (Lipinski definition) is 2. The molecule has 1 amide bonds. The van der Waals surface area contributed by atoms with Crippen LogP contribution >= 0.6 is 11.5 Å². The molecule has 0 aliphatic carbocycles. The molecule has 1 heterocycles. The van der Waals surface area contributed by atoms with E-state index in [-0.39, 0.29) is 17.2 Å². The van der Waals surface area contributed by atoms with Crippen LogP contribution in [-0.4, -0.2) is 45.0 Å². The fourth-order valence-corrected chi connectivity index (χ4v) is 2.30. The van der Waals surface area contributed by atoms with Gasteiger partial charge in [0.15, 0.2) is 0 Å². The fraction of sp³-hybridized carbons (Fsp3) is 0.636. The molecular weight excluding hydrogens is 266 g/mol. The lowest BCUT2D eigenvalue weighted by molar-refractivity contribution is 0.0800. The van der Waals surface area contributed by atoms with E-state index in [1.807, 2.05) is 20.8 Å². The Balaban J connectivity index is 2.81. The van der Waals surface area contributed by atoms with Gasteiger partial charge in [0.25, 0.3) is 5.91 Å². The summed E-state index contributed by atoms with van der Waals surface area (Å²) in [5.41, 5.74) is 5.84. The van der Waals surface area contributed by atoms with Crippen LogP contribution in [0.4, 0.5) is 0 Å². The first-order chi connectivity index (χ1) is 8.77. The summed E-state index contributed by atoms with van der Waals surface area (Å²) in [5, 5.41) is 15.4. The van der Waals surface area contributed by atoms with Gasteiger partial charge in [-0.1, -0.05) is 30.4 Å². The predicted molar refractivity (Wildman–Crippen MR) is 73.6 cm³/mol. The highest BCUT2D eigenvalue weighted by molar-refractivity contribution is 7.08. The lowest BCUT2D eigenvalue weighted by Crippen LogP contribution is -2.31. The van der Waals surface area contributed by atoms with Gasteiger partial charge in [-0.25, -0.2) is 0 Å². The first kappa shape index (κ1) is 15.4. The van der Waals surface area contributed by atoms with E-state index < -0.39 is 0 Å². The van der Waals surface area contributed by atoms with Gasteiger partial charge in [-0.2, -0.15) is 0 Å². The van der Waals surface area contributed by atoms with Gasteiger partial charge < -0.3 is 15.8 Å². The summed E-state index contributed by atoms with van der Waals surface area (Å²) in [5.74, 6) is -0.0520. The van der Waals surface area contributed by atoms with Gasteiger partial charge in [-0.15, -0.1) is 5.10 Å². The van der Waals surface area contributed by atoms with E-state index >= 15 is 0 Å². The van der Waals surface area contributed by atoms with Gasteiger partial charge in [0.1, 0.15) is 10.7 Å². The molecule has 19 heavy (non-hydrogen) atoms. The van der Waals surface area contributed by atoms with Crippen LogP contribution < -0.4 is 5.73 Å². The van der Waals surface area contributed by atoms with Crippen molar-refractivity contribution in [3.8, 4) is 0 Å². The van der Waals surface area contributed by atoms with Gasteiger partial charge in [-0.05, 0) is 11.5 Å². The molecule has 0 radical (unpaired) electrons. The summed E-state index contributed by atoms with van der Waals surface area (Å²) in [6.07, 6.45) is 0.315. The number of nitrogens with zero attached hydrogens (tertiary/aromatic N) is 4. The Morgan fingerprint density at radius 3 is 2.68 bits per heavy atom. The molecule has 106 valence electrons. The summed E-state index contributed by atoms with van der Waals surface area (Å²) in [4.78, 5) is 14.3. The predicted octanol–water partition coefficient (Wildman–Crippen LogP) is 1.04. The van der Waals surface area contributed by atoms with E-state index in [2.05, 4.69) is 14.7 Å². The standard InChI is InChI=1S/C11H19N5O2S/c1-11(2,3)9-8(19-15-13-9)10(17)16(4)6-5-7(12)14-18/h18H,5-6H2,1-4H3,(H2,12,14). The fourth-order valence-electron chi connectivity index (χ4n) is 1.43. The summed E-state index contributed by atoms with van der Waals surface area (Å²) in [6.45, 7) is 6.32. The van der Waals surface area contributed by atoms with Crippen LogP contribution in [0.3, 0.4) is 0 Å². The zero-order valence-electron chi connectivity index (χ0n) is 11.5. The third-order valence-electron chi connectivity index (χ3n) is 2.57. The van der Waals surface area contributed by atoms with E-state index in [4.69, 9.17) is 10.9 Å². The zero-order valence-corrected chi connectivity index (χ0v) is 12.4. The molecular formula is C11H19N5O2S. The second-order valence-corrected chi connectivity index (χ2v) is 6.02. The van der Waals surface area contributed by atoms with Crippen molar-refractivity contribution in [2.45, 2.75) is 32.6 Å². The Morgan fingerprint density at radius 2 is 2.16 bits per heavy atom. The highest BCUT2D eigenvalue weighted by Gasteiger charge is 2.27. The van der Waals surface area contributed by atoms with Crippen LogP contribution in [0, 0.1) is 0 Å². The van der Waals surface area contributed by atoms with Crippen molar-refractivity contribution in [2.75, 3.05) is 13.6 Å². The summed E-state index contributed by atoms with van der Waals surface area (Å²) in [6, 6.07) is 0. The normalized spacial score (nSPS) is 12.5. The molecule has 1 aromatic rings. The summed E-state index contributed by atoms with van der Waals surface area (Å²) >= 11 is 1.09. The zero-order chi connectivity index (χ0) is 14.6. The molecule has 0 spiro atoms. The minimum atomic E-state index is -0.232. The van der Waals surface area contributed by atoms with Crippen LogP contribution in [0.25, 0.3) is 0 Å². The van der Waals surface area contributed by atoms with Crippen LogP contribution in [0.2, 0.25) is 0 Å². The number of carbonyl (C=O) groups is 1. The molecule has 1 rings (SSSR count). The minimum absolute atomic E-state index is 0.0955. The number of amidine groups is 1. The van der Waals surface area contributed by atoms with E-state index in [0.717, 1.165) is 11.5 Å². The quantitative estimate of drug-likeness (QED) is 0.372. The Labute approximate surface area is 116 Å². The first-order valence-corrected chi connectivity index (χ1v) is 6.59. The molecule has 0 saturated carbocycles. The number of aromatic nitrogens is 2. The van der Waals surface area contributed by atoms with Crippen LogP contribution in [0.5, 0.6) is 0 Å². The second kappa shape index (κ2) is 5.96. The Morgan fingerprint density at radius 1 is 1.53 bits per heavy atom. The van der Waals surface area contributed by atoms with Crippen molar-refractivity contribution in [2.24, 2.45) is 10.9 Å². The highest BCUT2D eigenvalue weighted by atomic mass is 32.1. The maximum atomic E-state index is 12.3. The van der Waals surface area contributed by atoms with Gasteiger partial charge >= 0.3 is 0 Å². The third-order valence-corrected chi connectivity index (χ3v) is 3.29. The van der Waals surface area contributed by atoms with E-state index in [1.54, 1.807) is 7.05 Å². The largest absolute Gasteiger partial charge is 0.409 e. The maximum Gasteiger partial charge on any atom is 0.267 e. The maximum absolute atomic E-state index is 12.3. The number of rotatable bonds is 4. The Bertz CT molecular complexity index is 478. The number of carbonyl (C=O) groups excluding carboxylic acids is 1. The first-order valence-electron chi connectivity index (χ1n) is 5.82. The van der Waals surface area contributed by atoms with Crippen molar-refractivity contribution in [3.05, 3.63) is 10.6 Å². The molecule has 3 N–H and O–H groups in total. The van der Waals surface area contributed by atoms with Crippen molar-refractivity contribution < 1.29 is 10.0 Å². The second-order valence-electron chi connectivity index (χ2n) is 5.27. The average molecular weight is 285 g/mol. The lowest BCUT2D eigenvalue weighted by atomic mass is 9.91. The molecule has 8 heteroatoms. The summed E-state index contributed by atoms with van der Waals surface area (Å²) < 4.78 is 3.86. The molecule has 0 bridgehead atoms. The molecule has 0 fully saturated rings. The van der Waals surface area contributed by atoms with E-state index in [0.29, 0.717) is 23.5 Å². The molecule has 1 aromatic heterocycles. The molecule has 0 unspecified atom stereocenters. The highest BCUT2D eigenvalue weighted by Crippen LogP contribution is 2.26. The minimum Gasteiger partial charge on any atom is -0.409 e. The smallest absolute Gasteiger partial charge is 0.267 e.